The molecule has 1 unspecified atom stereocenters. The van der Waals surface area contributed by atoms with Crippen molar-refractivity contribution in [1.29, 1.82) is 0 Å². The number of rotatable bonds is 5. The Kier molecular flexibility index (Phi) is 6.03. The van der Waals surface area contributed by atoms with Gasteiger partial charge in [0.2, 0.25) is 0 Å². The summed E-state index contributed by atoms with van der Waals surface area (Å²) < 4.78 is 0. The maximum absolute atomic E-state index is 4.01. The molecule has 1 nitrogen and oxygen atoms in total. The van der Waals surface area contributed by atoms with E-state index in [1.54, 1.807) is 0 Å². The third-order valence-corrected chi connectivity index (χ3v) is 2.18. The van der Waals surface area contributed by atoms with Crippen LogP contribution >= 0.6 is 0 Å². The van der Waals surface area contributed by atoms with Gasteiger partial charge in [-0.05, 0) is 27.2 Å². The summed E-state index contributed by atoms with van der Waals surface area (Å²) in [6, 6.07) is 0. The van der Waals surface area contributed by atoms with Crippen LogP contribution in [0.15, 0.2) is 36.1 Å². The molecule has 0 aliphatic carbocycles. The fourth-order valence-corrected chi connectivity index (χ4v) is 1.39. The highest BCUT2D eigenvalue weighted by molar-refractivity contribution is 5.17. The summed E-state index contributed by atoms with van der Waals surface area (Å²) in [7, 11) is 1.96. The molecule has 13 heavy (non-hydrogen) atoms. The van der Waals surface area contributed by atoms with Gasteiger partial charge < -0.3 is 5.32 Å². The second-order valence-electron chi connectivity index (χ2n) is 3.20. The second-order valence-corrected chi connectivity index (χ2v) is 3.20. The molecule has 0 spiro atoms. The number of hydrogen-bond acceptors (Lipinski definition) is 1. The first-order chi connectivity index (χ1) is 6.17. The molecule has 0 fully saturated rings. The van der Waals surface area contributed by atoms with E-state index >= 15 is 0 Å². The summed E-state index contributed by atoms with van der Waals surface area (Å²) in [6.45, 7) is 10.2. The summed E-state index contributed by atoms with van der Waals surface area (Å²) in [6.07, 6.45) is 7.41. The average Bonchev–Trinajstić information content (AvgIpc) is 2.11. The third kappa shape index (κ3) is 3.97. The van der Waals surface area contributed by atoms with E-state index in [4.69, 9.17) is 0 Å². The zero-order valence-electron chi connectivity index (χ0n) is 9.22. The molecule has 0 aromatic carbocycles. The van der Waals surface area contributed by atoms with Gasteiger partial charge in [-0.2, -0.15) is 0 Å². The van der Waals surface area contributed by atoms with Gasteiger partial charge in [0.15, 0.2) is 0 Å². The molecule has 0 aromatic heterocycles. The van der Waals surface area contributed by atoms with E-state index in [1.165, 1.54) is 11.3 Å². The monoisotopic (exact) mass is 179 g/mol. The zero-order chi connectivity index (χ0) is 10.3. The van der Waals surface area contributed by atoms with Crippen LogP contribution in [-0.2, 0) is 0 Å². The van der Waals surface area contributed by atoms with E-state index in [9.17, 15) is 0 Å². The first kappa shape index (κ1) is 12.0. The summed E-state index contributed by atoms with van der Waals surface area (Å²) in [5.74, 6) is 0.436. The minimum atomic E-state index is 0.436. The van der Waals surface area contributed by atoms with Crippen LogP contribution in [0.1, 0.15) is 27.2 Å². The van der Waals surface area contributed by atoms with Crippen LogP contribution in [0.2, 0.25) is 0 Å². The number of hydrogen-bond donors (Lipinski definition) is 1. The lowest BCUT2D eigenvalue weighted by Crippen LogP contribution is -2.16. The molecule has 0 radical (unpaired) electrons. The maximum atomic E-state index is 4.01. The van der Waals surface area contributed by atoms with Crippen molar-refractivity contribution in [3.05, 3.63) is 36.1 Å². The first-order valence-electron chi connectivity index (χ1n) is 4.77. The topological polar surface area (TPSA) is 12.0 Å². The van der Waals surface area contributed by atoms with Gasteiger partial charge in [-0.3, -0.25) is 0 Å². The maximum Gasteiger partial charge on any atom is 0.0222 e. The molecule has 0 aliphatic rings. The van der Waals surface area contributed by atoms with Gasteiger partial charge in [0.25, 0.3) is 0 Å². The minimum absolute atomic E-state index is 0.436. The molecule has 0 aliphatic heterocycles. The van der Waals surface area contributed by atoms with E-state index in [0.717, 1.165) is 6.42 Å². The van der Waals surface area contributed by atoms with Crippen molar-refractivity contribution in [3.63, 3.8) is 0 Å². The highest BCUT2D eigenvalue weighted by Gasteiger charge is 2.10. The molecular weight excluding hydrogens is 158 g/mol. The Hall–Kier alpha value is -0.980. The van der Waals surface area contributed by atoms with Crippen LogP contribution in [0.4, 0.5) is 0 Å². The van der Waals surface area contributed by atoms with Gasteiger partial charge in [0.1, 0.15) is 0 Å². The van der Waals surface area contributed by atoms with Gasteiger partial charge in [-0.15, -0.1) is 0 Å². The van der Waals surface area contributed by atoms with Gasteiger partial charge in [0, 0.05) is 18.7 Å². The number of nitrogens with one attached hydrogen (secondary N) is 1. The van der Waals surface area contributed by atoms with Crippen LogP contribution < -0.4 is 5.32 Å². The van der Waals surface area contributed by atoms with E-state index in [0.29, 0.717) is 5.92 Å². The fourth-order valence-electron chi connectivity index (χ4n) is 1.39. The van der Waals surface area contributed by atoms with Crippen molar-refractivity contribution < 1.29 is 0 Å². The lowest BCUT2D eigenvalue weighted by Gasteiger charge is -2.18. The SMILES string of the molecule is C=C(C)C(C/C=C\C)/C(=C/C)NC. The lowest BCUT2D eigenvalue weighted by molar-refractivity contribution is 0.670. The standard InChI is InChI=1S/C12H21N/c1-6-8-9-11(10(3)4)12(7-2)13-5/h6-8,11,13H,3,9H2,1-2,4-5H3/b8-6-,12-7-. The molecule has 1 heteroatoms. The zero-order valence-corrected chi connectivity index (χ0v) is 9.22. The highest BCUT2D eigenvalue weighted by atomic mass is 14.8. The summed E-state index contributed by atoms with van der Waals surface area (Å²) in [5.41, 5.74) is 2.46. The van der Waals surface area contributed by atoms with Crippen LogP contribution in [-0.4, -0.2) is 7.05 Å². The Labute approximate surface area is 82.2 Å². The van der Waals surface area contributed by atoms with Gasteiger partial charge in [-0.25, -0.2) is 0 Å². The predicted molar refractivity (Wildman–Crippen MR) is 60.6 cm³/mol. The minimum Gasteiger partial charge on any atom is -0.391 e. The number of allylic oxidation sites excluding steroid dienone is 4. The molecule has 0 saturated carbocycles. The Bertz CT molecular complexity index is 211. The normalized spacial score (nSPS) is 14.6. The lowest BCUT2D eigenvalue weighted by atomic mass is 9.94. The Morgan fingerprint density at radius 1 is 1.46 bits per heavy atom. The molecule has 0 amide bonds. The van der Waals surface area contributed by atoms with Crippen LogP contribution in [0.3, 0.4) is 0 Å². The fraction of sp³-hybridized carbons (Fsp3) is 0.500. The molecular formula is C12H21N. The second kappa shape index (κ2) is 6.53. The summed E-state index contributed by atoms with van der Waals surface area (Å²) >= 11 is 0. The van der Waals surface area contributed by atoms with Crippen LogP contribution in [0, 0.1) is 5.92 Å². The van der Waals surface area contributed by atoms with E-state index in [-0.39, 0.29) is 0 Å². The molecule has 74 valence electrons. The van der Waals surface area contributed by atoms with Crippen LogP contribution in [0.25, 0.3) is 0 Å². The average molecular weight is 179 g/mol. The van der Waals surface area contributed by atoms with Crippen molar-refractivity contribution in [2.45, 2.75) is 27.2 Å². The highest BCUT2D eigenvalue weighted by Crippen LogP contribution is 2.20. The smallest absolute Gasteiger partial charge is 0.0222 e. The van der Waals surface area contributed by atoms with E-state index in [1.807, 2.05) is 14.0 Å². The van der Waals surface area contributed by atoms with E-state index < -0.39 is 0 Å². The molecule has 0 heterocycles. The van der Waals surface area contributed by atoms with Crippen molar-refractivity contribution in [1.82, 2.24) is 5.32 Å². The summed E-state index contributed by atoms with van der Waals surface area (Å²) in [4.78, 5) is 0. The van der Waals surface area contributed by atoms with Gasteiger partial charge >= 0.3 is 0 Å². The van der Waals surface area contributed by atoms with Gasteiger partial charge in [0.05, 0.1) is 0 Å². The Balaban J connectivity index is 4.49. The summed E-state index contributed by atoms with van der Waals surface area (Å²) in [5, 5.41) is 3.21. The molecule has 1 N–H and O–H groups in total. The predicted octanol–water partition coefficient (Wildman–Crippen LogP) is 3.27. The largest absolute Gasteiger partial charge is 0.391 e. The molecule has 0 rings (SSSR count). The van der Waals surface area contributed by atoms with Crippen LogP contribution in [0.5, 0.6) is 0 Å². The molecule has 0 saturated heterocycles. The molecule has 1 atom stereocenters. The Morgan fingerprint density at radius 3 is 2.38 bits per heavy atom. The van der Waals surface area contributed by atoms with Crippen molar-refractivity contribution in [2.24, 2.45) is 5.92 Å². The van der Waals surface area contributed by atoms with Crippen molar-refractivity contribution in [3.8, 4) is 0 Å². The molecule has 0 aromatic rings. The van der Waals surface area contributed by atoms with E-state index in [2.05, 4.69) is 44.0 Å². The quantitative estimate of drug-likeness (QED) is 0.639. The Morgan fingerprint density at radius 2 is 2.08 bits per heavy atom. The third-order valence-electron chi connectivity index (χ3n) is 2.18. The van der Waals surface area contributed by atoms with Gasteiger partial charge in [-0.1, -0.05) is 30.4 Å². The van der Waals surface area contributed by atoms with Crippen molar-refractivity contribution in [2.75, 3.05) is 7.05 Å². The first-order valence-corrected chi connectivity index (χ1v) is 4.77. The van der Waals surface area contributed by atoms with Crippen molar-refractivity contribution >= 4 is 0 Å². The molecule has 0 bridgehead atoms.